The van der Waals surface area contributed by atoms with Crippen molar-refractivity contribution in [2.45, 2.75) is 31.2 Å². The van der Waals surface area contributed by atoms with E-state index in [-0.39, 0.29) is 11.2 Å². The second-order valence-electron chi connectivity index (χ2n) is 5.46. The molecule has 0 atom stereocenters. The number of anilines is 1. The largest absolute Gasteiger partial charge is 0.464 e. The molecule has 0 aliphatic heterocycles. The monoisotopic (exact) mass is 278 g/mol. The Hall–Kier alpha value is -1.69. The van der Waals surface area contributed by atoms with Crippen LogP contribution in [0.3, 0.4) is 0 Å². The predicted octanol–water partition coefficient (Wildman–Crippen LogP) is 1.55. The molecule has 20 heavy (non-hydrogen) atoms. The third-order valence-corrected chi connectivity index (χ3v) is 4.11. The van der Waals surface area contributed by atoms with Gasteiger partial charge in [0.1, 0.15) is 5.82 Å². The van der Waals surface area contributed by atoms with Gasteiger partial charge in [0.05, 0.1) is 19.5 Å². The van der Waals surface area contributed by atoms with Gasteiger partial charge in [-0.1, -0.05) is 12.8 Å². The molecule has 0 saturated heterocycles. The molecule has 1 fully saturated rings. The quantitative estimate of drug-likeness (QED) is 0.824. The first-order chi connectivity index (χ1) is 9.57. The van der Waals surface area contributed by atoms with Gasteiger partial charge in [-0.25, -0.2) is 9.78 Å². The molecular formula is C14H22N4O2. The van der Waals surface area contributed by atoms with E-state index < -0.39 is 5.97 Å². The number of esters is 1. The Labute approximate surface area is 119 Å². The van der Waals surface area contributed by atoms with Crippen molar-refractivity contribution in [2.24, 2.45) is 0 Å². The molecule has 1 saturated carbocycles. The molecule has 1 N–H and O–H groups in total. The Morgan fingerprint density at radius 1 is 1.40 bits per heavy atom. The minimum absolute atomic E-state index is 0.170. The highest BCUT2D eigenvalue weighted by Crippen LogP contribution is 2.33. The SMILES string of the molecule is COC(=O)c1cncc(NCC2(N(C)C)CCCC2)n1. The van der Waals surface area contributed by atoms with E-state index >= 15 is 0 Å². The smallest absolute Gasteiger partial charge is 0.358 e. The van der Waals surface area contributed by atoms with Gasteiger partial charge in [-0.3, -0.25) is 4.98 Å². The van der Waals surface area contributed by atoms with Gasteiger partial charge in [0.2, 0.25) is 0 Å². The topological polar surface area (TPSA) is 67.3 Å². The Morgan fingerprint density at radius 2 is 2.10 bits per heavy atom. The minimum atomic E-state index is -0.468. The maximum atomic E-state index is 11.4. The maximum absolute atomic E-state index is 11.4. The number of ether oxygens (including phenoxy) is 1. The van der Waals surface area contributed by atoms with E-state index in [4.69, 9.17) is 0 Å². The lowest BCUT2D eigenvalue weighted by Gasteiger charge is -2.36. The van der Waals surface area contributed by atoms with Gasteiger partial charge in [-0.05, 0) is 26.9 Å². The summed E-state index contributed by atoms with van der Waals surface area (Å²) in [5, 5.41) is 3.31. The van der Waals surface area contributed by atoms with Gasteiger partial charge >= 0.3 is 5.97 Å². The summed E-state index contributed by atoms with van der Waals surface area (Å²) in [6.07, 6.45) is 7.91. The summed E-state index contributed by atoms with van der Waals surface area (Å²) in [7, 11) is 5.57. The number of rotatable bonds is 5. The lowest BCUT2D eigenvalue weighted by atomic mass is 9.96. The van der Waals surface area contributed by atoms with Crippen LogP contribution in [0.5, 0.6) is 0 Å². The average molecular weight is 278 g/mol. The molecule has 0 radical (unpaired) electrons. The van der Waals surface area contributed by atoms with Crippen molar-refractivity contribution in [2.75, 3.05) is 33.1 Å². The lowest BCUT2D eigenvalue weighted by Crippen LogP contribution is -2.47. The maximum Gasteiger partial charge on any atom is 0.358 e. The van der Waals surface area contributed by atoms with Crippen LogP contribution in [-0.4, -0.2) is 54.1 Å². The van der Waals surface area contributed by atoms with E-state index in [9.17, 15) is 4.79 Å². The average Bonchev–Trinajstić information content (AvgIpc) is 2.95. The number of carbonyl (C=O) groups excluding carboxylic acids is 1. The lowest BCUT2D eigenvalue weighted by molar-refractivity contribution is 0.0593. The molecule has 1 aromatic heterocycles. The zero-order valence-corrected chi connectivity index (χ0v) is 12.3. The van der Waals surface area contributed by atoms with E-state index in [1.54, 1.807) is 6.20 Å². The van der Waals surface area contributed by atoms with Crippen LogP contribution in [0, 0.1) is 0 Å². The van der Waals surface area contributed by atoms with Crippen molar-refractivity contribution in [3.63, 3.8) is 0 Å². The van der Waals surface area contributed by atoms with Crippen molar-refractivity contribution in [3.05, 3.63) is 18.1 Å². The standard InChI is InChI=1S/C14H22N4O2/c1-18(2)14(6-4-5-7-14)10-16-12-9-15-8-11(17-12)13(19)20-3/h8-9H,4-7,10H2,1-3H3,(H,16,17). The Morgan fingerprint density at radius 3 is 2.70 bits per heavy atom. The molecule has 6 nitrogen and oxygen atoms in total. The van der Waals surface area contributed by atoms with Crippen LogP contribution < -0.4 is 5.32 Å². The fourth-order valence-corrected chi connectivity index (χ4v) is 2.72. The van der Waals surface area contributed by atoms with Gasteiger partial charge in [-0.2, -0.15) is 0 Å². The van der Waals surface area contributed by atoms with Crippen molar-refractivity contribution in [1.82, 2.24) is 14.9 Å². The molecule has 110 valence electrons. The third-order valence-electron chi connectivity index (χ3n) is 4.11. The predicted molar refractivity (Wildman–Crippen MR) is 76.7 cm³/mol. The molecule has 1 aromatic rings. The van der Waals surface area contributed by atoms with Crippen LogP contribution in [-0.2, 0) is 4.74 Å². The van der Waals surface area contributed by atoms with Crippen LogP contribution in [0.2, 0.25) is 0 Å². The number of carbonyl (C=O) groups is 1. The summed E-state index contributed by atoms with van der Waals surface area (Å²) in [5.41, 5.74) is 0.394. The molecule has 6 heteroatoms. The summed E-state index contributed by atoms with van der Waals surface area (Å²) in [6.45, 7) is 0.805. The zero-order valence-electron chi connectivity index (χ0n) is 12.3. The fourth-order valence-electron chi connectivity index (χ4n) is 2.72. The van der Waals surface area contributed by atoms with Crippen LogP contribution in [0.4, 0.5) is 5.82 Å². The molecule has 0 bridgehead atoms. The van der Waals surface area contributed by atoms with Crippen LogP contribution in [0.1, 0.15) is 36.2 Å². The number of aromatic nitrogens is 2. The van der Waals surface area contributed by atoms with E-state index in [2.05, 4.69) is 39.0 Å². The first-order valence-electron chi connectivity index (χ1n) is 6.89. The highest BCUT2D eigenvalue weighted by molar-refractivity contribution is 5.87. The van der Waals surface area contributed by atoms with E-state index in [0.29, 0.717) is 5.82 Å². The molecule has 0 unspecified atom stereocenters. The van der Waals surface area contributed by atoms with Crippen molar-refractivity contribution in [3.8, 4) is 0 Å². The normalized spacial score (nSPS) is 17.2. The molecule has 0 amide bonds. The molecular weight excluding hydrogens is 256 g/mol. The number of methoxy groups -OCH3 is 1. The fraction of sp³-hybridized carbons (Fsp3) is 0.643. The van der Waals surface area contributed by atoms with E-state index in [0.717, 1.165) is 6.54 Å². The number of nitrogens with one attached hydrogen (secondary N) is 1. The third kappa shape index (κ3) is 3.07. The number of nitrogens with zero attached hydrogens (tertiary/aromatic N) is 3. The molecule has 1 aliphatic rings. The van der Waals surface area contributed by atoms with Gasteiger partial charge in [0.15, 0.2) is 5.69 Å². The first-order valence-corrected chi connectivity index (χ1v) is 6.89. The zero-order chi connectivity index (χ0) is 14.6. The van der Waals surface area contributed by atoms with Gasteiger partial charge in [-0.15, -0.1) is 0 Å². The van der Waals surface area contributed by atoms with E-state index in [1.807, 2.05) is 0 Å². The number of hydrogen-bond acceptors (Lipinski definition) is 6. The first kappa shape index (κ1) is 14.7. The second-order valence-corrected chi connectivity index (χ2v) is 5.46. The number of likely N-dealkylation sites (N-methyl/N-ethyl adjacent to an activating group) is 1. The summed E-state index contributed by atoms with van der Waals surface area (Å²) in [6, 6.07) is 0. The van der Waals surface area contributed by atoms with Crippen molar-refractivity contribution >= 4 is 11.8 Å². The summed E-state index contributed by atoms with van der Waals surface area (Å²) < 4.78 is 4.65. The summed E-state index contributed by atoms with van der Waals surface area (Å²) in [4.78, 5) is 22.0. The van der Waals surface area contributed by atoms with E-state index in [1.165, 1.54) is 39.0 Å². The Balaban J connectivity index is 2.05. The van der Waals surface area contributed by atoms with Gasteiger partial charge in [0, 0.05) is 12.1 Å². The summed E-state index contributed by atoms with van der Waals surface area (Å²) in [5.74, 6) is 0.144. The molecule has 1 heterocycles. The van der Waals surface area contributed by atoms with Crippen LogP contribution >= 0.6 is 0 Å². The van der Waals surface area contributed by atoms with Crippen LogP contribution in [0.25, 0.3) is 0 Å². The number of hydrogen-bond donors (Lipinski definition) is 1. The molecule has 2 rings (SSSR count). The molecule has 0 aromatic carbocycles. The minimum Gasteiger partial charge on any atom is -0.464 e. The Bertz CT molecular complexity index is 470. The van der Waals surface area contributed by atoms with Gasteiger partial charge < -0.3 is 15.0 Å². The Kier molecular flexibility index (Phi) is 4.54. The van der Waals surface area contributed by atoms with Crippen molar-refractivity contribution in [1.29, 1.82) is 0 Å². The van der Waals surface area contributed by atoms with Gasteiger partial charge in [0.25, 0.3) is 0 Å². The van der Waals surface area contributed by atoms with Crippen molar-refractivity contribution < 1.29 is 9.53 Å². The molecule has 0 spiro atoms. The molecule has 1 aliphatic carbocycles. The summed E-state index contributed by atoms with van der Waals surface area (Å²) >= 11 is 0. The van der Waals surface area contributed by atoms with Crippen LogP contribution in [0.15, 0.2) is 12.4 Å². The second kappa shape index (κ2) is 6.17. The highest BCUT2D eigenvalue weighted by Gasteiger charge is 2.35. The highest BCUT2D eigenvalue weighted by atomic mass is 16.5.